The number of hydrogen-bond donors (Lipinski definition) is 1. The van der Waals surface area contributed by atoms with Gasteiger partial charge in [-0.2, -0.15) is 0 Å². The zero-order chi connectivity index (χ0) is 14.4. The predicted molar refractivity (Wildman–Crippen MR) is 85.2 cm³/mol. The molecule has 1 heterocycles. The third kappa shape index (κ3) is 4.76. The Kier molecular flexibility index (Phi) is 6.33. The second-order valence-electron chi connectivity index (χ2n) is 5.42. The van der Waals surface area contributed by atoms with Gasteiger partial charge in [0.05, 0.1) is 6.10 Å². The first-order valence-corrected chi connectivity index (χ1v) is 8.26. The van der Waals surface area contributed by atoms with Crippen LogP contribution >= 0.6 is 15.9 Å². The zero-order valence-electron chi connectivity index (χ0n) is 12.1. The molecule has 1 fully saturated rings. The highest BCUT2D eigenvalue weighted by Crippen LogP contribution is 2.25. The molecule has 4 heteroatoms. The molecule has 0 aliphatic carbocycles. The van der Waals surface area contributed by atoms with E-state index in [1.807, 2.05) is 12.1 Å². The molecule has 0 saturated carbocycles. The molecular weight excluding hydrogens is 318 g/mol. The van der Waals surface area contributed by atoms with Crippen molar-refractivity contribution >= 4 is 15.9 Å². The summed E-state index contributed by atoms with van der Waals surface area (Å²) >= 11 is 3.51. The molecule has 2 atom stereocenters. The van der Waals surface area contributed by atoms with E-state index in [4.69, 9.17) is 15.2 Å². The molecule has 1 aromatic rings. The normalized spacial score (nSPS) is 20.6. The molecule has 0 aromatic heterocycles. The van der Waals surface area contributed by atoms with E-state index < -0.39 is 0 Å². The average molecular weight is 342 g/mol. The van der Waals surface area contributed by atoms with E-state index in [1.54, 1.807) is 0 Å². The van der Waals surface area contributed by atoms with E-state index >= 15 is 0 Å². The molecule has 112 valence electrons. The Morgan fingerprint density at radius 1 is 1.45 bits per heavy atom. The molecule has 2 rings (SSSR count). The Bertz CT molecular complexity index is 419. The Balaban J connectivity index is 1.98. The van der Waals surface area contributed by atoms with Crippen molar-refractivity contribution < 1.29 is 9.47 Å². The molecule has 1 aliphatic rings. The van der Waals surface area contributed by atoms with Crippen LogP contribution in [0.1, 0.15) is 38.2 Å². The lowest BCUT2D eigenvalue weighted by Crippen LogP contribution is -2.26. The quantitative estimate of drug-likeness (QED) is 0.858. The first-order valence-electron chi connectivity index (χ1n) is 7.47. The summed E-state index contributed by atoms with van der Waals surface area (Å²) in [4.78, 5) is 0. The number of benzene rings is 1. The highest BCUT2D eigenvalue weighted by molar-refractivity contribution is 9.10. The fourth-order valence-electron chi connectivity index (χ4n) is 2.40. The summed E-state index contributed by atoms with van der Waals surface area (Å²) in [6.45, 7) is 3.61. The van der Waals surface area contributed by atoms with Crippen molar-refractivity contribution in [2.75, 3.05) is 13.2 Å². The summed E-state index contributed by atoms with van der Waals surface area (Å²) in [7, 11) is 0. The van der Waals surface area contributed by atoms with Crippen LogP contribution in [0.2, 0.25) is 0 Å². The minimum absolute atomic E-state index is 0.178. The molecule has 2 unspecified atom stereocenters. The molecule has 2 N–H and O–H groups in total. The molecule has 0 radical (unpaired) electrons. The smallest absolute Gasteiger partial charge is 0.122 e. The van der Waals surface area contributed by atoms with Crippen LogP contribution in [-0.2, 0) is 11.2 Å². The molecule has 0 spiro atoms. The van der Waals surface area contributed by atoms with Gasteiger partial charge in [-0.1, -0.05) is 22.9 Å². The molecule has 1 aliphatic heterocycles. The van der Waals surface area contributed by atoms with Crippen LogP contribution < -0.4 is 10.5 Å². The SMILES string of the molecule is CCC(N)Cc1cc(Br)ccc1OCC1CCCCO1. The van der Waals surface area contributed by atoms with Gasteiger partial charge < -0.3 is 15.2 Å². The predicted octanol–water partition coefficient (Wildman–Crippen LogP) is 3.68. The van der Waals surface area contributed by atoms with Gasteiger partial charge in [0.1, 0.15) is 12.4 Å². The lowest BCUT2D eigenvalue weighted by molar-refractivity contribution is -0.0112. The summed E-state index contributed by atoms with van der Waals surface area (Å²) in [6.07, 6.45) is 5.56. The molecule has 20 heavy (non-hydrogen) atoms. The van der Waals surface area contributed by atoms with Gasteiger partial charge in [-0.15, -0.1) is 0 Å². The largest absolute Gasteiger partial charge is 0.491 e. The second-order valence-corrected chi connectivity index (χ2v) is 6.34. The maximum absolute atomic E-state index is 6.07. The standard InChI is InChI=1S/C16H24BrNO2/c1-2-14(18)10-12-9-13(17)6-7-16(12)20-11-15-5-3-4-8-19-15/h6-7,9,14-15H,2-5,8,10-11,18H2,1H3. The Hall–Kier alpha value is -0.580. The number of hydrogen-bond acceptors (Lipinski definition) is 3. The van der Waals surface area contributed by atoms with Crippen molar-refractivity contribution in [1.82, 2.24) is 0 Å². The molecular formula is C16H24BrNO2. The van der Waals surface area contributed by atoms with E-state index in [2.05, 4.69) is 28.9 Å². The average Bonchev–Trinajstić information content (AvgIpc) is 2.47. The number of nitrogens with two attached hydrogens (primary N) is 1. The van der Waals surface area contributed by atoms with Gasteiger partial charge in [0.15, 0.2) is 0 Å². The first kappa shape index (κ1) is 15.8. The fraction of sp³-hybridized carbons (Fsp3) is 0.625. The van der Waals surface area contributed by atoms with Crippen LogP contribution in [0.15, 0.2) is 22.7 Å². The summed E-state index contributed by atoms with van der Waals surface area (Å²) in [5.74, 6) is 0.936. The van der Waals surface area contributed by atoms with Crippen LogP contribution in [0, 0.1) is 0 Å². The number of rotatable bonds is 6. The first-order chi connectivity index (χ1) is 9.69. The van der Waals surface area contributed by atoms with Gasteiger partial charge in [0.25, 0.3) is 0 Å². The van der Waals surface area contributed by atoms with Crippen LogP contribution in [-0.4, -0.2) is 25.4 Å². The van der Waals surface area contributed by atoms with E-state index in [-0.39, 0.29) is 12.1 Å². The third-order valence-corrected chi connectivity index (χ3v) is 4.22. The summed E-state index contributed by atoms with van der Waals surface area (Å²) in [6, 6.07) is 6.31. The maximum atomic E-state index is 6.07. The summed E-state index contributed by atoms with van der Waals surface area (Å²) < 4.78 is 12.7. The van der Waals surface area contributed by atoms with Crippen molar-refractivity contribution in [2.24, 2.45) is 5.73 Å². The lowest BCUT2D eigenvalue weighted by Gasteiger charge is -2.23. The van der Waals surface area contributed by atoms with E-state index in [1.165, 1.54) is 18.4 Å². The molecule has 3 nitrogen and oxygen atoms in total. The molecule has 0 amide bonds. The minimum Gasteiger partial charge on any atom is -0.491 e. The Morgan fingerprint density at radius 2 is 2.30 bits per heavy atom. The van der Waals surface area contributed by atoms with E-state index in [0.717, 1.165) is 36.1 Å². The Morgan fingerprint density at radius 3 is 3.00 bits per heavy atom. The van der Waals surface area contributed by atoms with E-state index in [9.17, 15) is 0 Å². The lowest BCUT2D eigenvalue weighted by atomic mass is 10.0. The maximum Gasteiger partial charge on any atom is 0.122 e. The highest BCUT2D eigenvalue weighted by Gasteiger charge is 2.16. The molecule has 0 bridgehead atoms. The van der Waals surface area contributed by atoms with Gasteiger partial charge in [-0.3, -0.25) is 0 Å². The highest BCUT2D eigenvalue weighted by atomic mass is 79.9. The molecule has 1 aromatic carbocycles. The molecule has 1 saturated heterocycles. The van der Waals surface area contributed by atoms with Crippen molar-refractivity contribution in [1.29, 1.82) is 0 Å². The number of halogens is 1. The van der Waals surface area contributed by atoms with Crippen LogP contribution in [0.25, 0.3) is 0 Å². The third-order valence-electron chi connectivity index (χ3n) is 3.73. The van der Waals surface area contributed by atoms with Crippen molar-refractivity contribution in [3.63, 3.8) is 0 Å². The monoisotopic (exact) mass is 341 g/mol. The summed E-state index contributed by atoms with van der Waals surface area (Å²) in [5, 5.41) is 0. The van der Waals surface area contributed by atoms with Crippen LogP contribution in [0.3, 0.4) is 0 Å². The Labute approximate surface area is 130 Å². The van der Waals surface area contributed by atoms with Gasteiger partial charge in [0.2, 0.25) is 0 Å². The zero-order valence-corrected chi connectivity index (χ0v) is 13.7. The van der Waals surface area contributed by atoms with Crippen LogP contribution in [0.4, 0.5) is 0 Å². The second kappa shape index (κ2) is 8.01. The van der Waals surface area contributed by atoms with Gasteiger partial charge in [0, 0.05) is 17.1 Å². The number of ether oxygens (including phenoxy) is 2. The topological polar surface area (TPSA) is 44.5 Å². The van der Waals surface area contributed by atoms with Crippen molar-refractivity contribution in [2.45, 2.75) is 51.2 Å². The van der Waals surface area contributed by atoms with Gasteiger partial charge in [-0.05, 0) is 55.9 Å². The van der Waals surface area contributed by atoms with Crippen molar-refractivity contribution in [3.05, 3.63) is 28.2 Å². The van der Waals surface area contributed by atoms with Crippen LogP contribution in [0.5, 0.6) is 5.75 Å². The van der Waals surface area contributed by atoms with Gasteiger partial charge >= 0.3 is 0 Å². The summed E-state index contributed by atoms with van der Waals surface area (Å²) in [5.41, 5.74) is 7.24. The van der Waals surface area contributed by atoms with Gasteiger partial charge in [-0.25, -0.2) is 0 Å². The minimum atomic E-state index is 0.178. The van der Waals surface area contributed by atoms with E-state index in [0.29, 0.717) is 6.61 Å². The van der Waals surface area contributed by atoms with Crippen molar-refractivity contribution in [3.8, 4) is 5.75 Å². The fourth-order valence-corrected chi connectivity index (χ4v) is 2.81.